The minimum atomic E-state index is -0.948. The molecule has 1 heterocycles. The molecule has 1 amide bonds. The van der Waals surface area contributed by atoms with E-state index < -0.39 is 22.7 Å². The SMILES string of the molecule is CCCCOc1ccc(/C(O)=C2\C(=O)C(=O)N(CCN(CC)CC)[C@@H]2c2cccc([N+](=O)[O-])c2)cc1C. The van der Waals surface area contributed by atoms with Gasteiger partial charge in [-0.25, -0.2) is 0 Å². The van der Waals surface area contributed by atoms with E-state index in [1.165, 1.54) is 23.1 Å². The van der Waals surface area contributed by atoms with E-state index in [0.29, 0.717) is 30.0 Å². The van der Waals surface area contributed by atoms with Crippen LogP contribution in [0, 0.1) is 17.0 Å². The lowest BCUT2D eigenvalue weighted by molar-refractivity contribution is -0.384. The third kappa shape index (κ3) is 6.17. The lowest BCUT2D eigenvalue weighted by atomic mass is 9.94. The number of aliphatic hydroxyl groups excluding tert-OH is 1. The molecule has 1 aliphatic heterocycles. The fraction of sp³-hybridized carbons (Fsp3) is 0.429. The number of rotatable bonds is 12. The predicted molar refractivity (Wildman–Crippen MR) is 141 cm³/mol. The molecule has 1 atom stereocenters. The molecule has 0 aromatic heterocycles. The second-order valence-corrected chi connectivity index (χ2v) is 9.05. The van der Waals surface area contributed by atoms with Crippen molar-refractivity contribution >= 4 is 23.1 Å². The first-order valence-electron chi connectivity index (χ1n) is 12.7. The number of ether oxygens (including phenoxy) is 1. The largest absolute Gasteiger partial charge is 0.507 e. The van der Waals surface area contributed by atoms with E-state index in [-0.39, 0.29) is 23.6 Å². The van der Waals surface area contributed by atoms with Crippen LogP contribution in [0.1, 0.15) is 56.3 Å². The summed E-state index contributed by atoms with van der Waals surface area (Å²) in [6.07, 6.45) is 1.92. The number of likely N-dealkylation sites (tertiary alicyclic amines) is 1. The fourth-order valence-corrected chi connectivity index (χ4v) is 4.50. The van der Waals surface area contributed by atoms with Gasteiger partial charge in [0.2, 0.25) is 0 Å². The third-order valence-corrected chi connectivity index (χ3v) is 6.69. The van der Waals surface area contributed by atoms with Gasteiger partial charge in [0.25, 0.3) is 17.4 Å². The quantitative estimate of drug-likeness (QED) is 0.109. The molecular formula is C28H35N3O6. The average Bonchev–Trinajstić information content (AvgIpc) is 3.15. The minimum absolute atomic E-state index is 0.0795. The van der Waals surface area contributed by atoms with Crippen LogP contribution in [0.4, 0.5) is 5.69 Å². The molecule has 0 saturated carbocycles. The summed E-state index contributed by atoms with van der Waals surface area (Å²) >= 11 is 0. The number of non-ortho nitro benzene ring substituents is 1. The molecule has 198 valence electrons. The molecule has 1 aliphatic rings. The highest BCUT2D eigenvalue weighted by Gasteiger charge is 2.46. The van der Waals surface area contributed by atoms with Crippen LogP contribution >= 0.6 is 0 Å². The zero-order valence-electron chi connectivity index (χ0n) is 21.9. The van der Waals surface area contributed by atoms with Gasteiger partial charge in [0, 0.05) is 30.8 Å². The number of Topliss-reactive ketones (excluding diaryl/α,β-unsaturated/α-hetero) is 1. The Labute approximate surface area is 217 Å². The van der Waals surface area contributed by atoms with Crippen LogP contribution in [-0.4, -0.2) is 64.3 Å². The van der Waals surface area contributed by atoms with Crippen molar-refractivity contribution in [2.45, 2.75) is 46.6 Å². The molecule has 0 aliphatic carbocycles. The van der Waals surface area contributed by atoms with Crippen LogP contribution in [0.15, 0.2) is 48.0 Å². The summed E-state index contributed by atoms with van der Waals surface area (Å²) in [5.41, 5.74) is 1.31. The van der Waals surface area contributed by atoms with E-state index in [0.717, 1.165) is 31.5 Å². The molecule has 9 heteroatoms. The van der Waals surface area contributed by atoms with Gasteiger partial charge in [0.15, 0.2) is 0 Å². The van der Waals surface area contributed by atoms with Gasteiger partial charge in [0.1, 0.15) is 11.5 Å². The Morgan fingerprint density at radius 1 is 1.14 bits per heavy atom. The second-order valence-electron chi connectivity index (χ2n) is 9.05. The van der Waals surface area contributed by atoms with Gasteiger partial charge in [-0.05, 0) is 55.8 Å². The maximum atomic E-state index is 13.3. The molecule has 2 aromatic carbocycles. The summed E-state index contributed by atoms with van der Waals surface area (Å²) in [6.45, 7) is 10.8. The number of likely N-dealkylation sites (N-methyl/N-ethyl adjacent to an activating group) is 1. The van der Waals surface area contributed by atoms with E-state index in [9.17, 15) is 24.8 Å². The van der Waals surface area contributed by atoms with Gasteiger partial charge in [-0.15, -0.1) is 0 Å². The summed E-state index contributed by atoms with van der Waals surface area (Å²) in [6, 6.07) is 10.0. The van der Waals surface area contributed by atoms with E-state index in [2.05, 4.69) is 11.8 Å². The Morgan fingerprint density at radius 2 is 1.86 bits per heavy atom. The zero-order chi connectivity index (χ0) is 27.1. The van der Waals surface area contributed by atoms with E-state index in [1.54, 1.807) is 24.3 Å². The summed E-state index contributed by atoms with van der Waals surface area (Å²) in [5, 5.41) is 22.8. The fourth-order valence-electron chi connectivity index (χ4n) is 4.50. The first-order valence-corrected chi connectivity index (χ1v) is 12.7. The van der Waals surface area contributed by atoms with Crippen LogP contribution in [0.2, 0.25) is 0 Å². The number of amides is 1. The summed E-state index contributed by atoms with van der Waals surface area (Å²) in [4.78, 5) is 40.9. The van der Waals surface area contributed by atoms with Crippen LogP contribution in [0.25, 0.3) is 5.76 Å². The summed E-state index contributed by atoms with van der Waals surface area (Å²) in [5.74, 6) is -1.18. The highest BCUT2D eigenvalue weighted by atomic mass is 16.6. The molecule has 9 nitrogen and oxygen atoms in total. The molecule has 1 saturated heterocycles. The van der Waals surface area contributed by atoms with Gasteiger partial charge >= 0.3 is 0 Å². The highest BCUT2D eigenvalue weighted by molar-refractivity contribution is 6.46. The van der Waals surface area contributed by atoms with Crippen molar-refractivity contribution in [3.05, 3.63) is 74.8 Å². The third-order valence-electron chi connectivity index (χ3n) is 6.69. The Bertz CT molecular complexity index is 1190. The predicted octanol–water partition coefficient (Wildman–Crippen LogP) is 4.85. The van der Waals surface area contributed by atoms with Gasteiger partial charge in [-0.1, -0.05) is 39.3 Å². The molecule has 0 unspecified atom stereocenters. The second kappa shape index (κ2) is 12.5. The number of unbranched alkanes of at least 4 members (excludes halogenated alkanes) is 1. The van der Waals surface area contributed by atoms with Crippen molar-refractivity contribution in [3.63, 3.8) is 0 Å². The molecule has 1 N–H and O–H groups in total. The number of aryl methyl sites for hydroxylation is 1. The Morgan fingerprint density at radius 3 is 2.49 bits per heavy atom. The normalized spacial score (nSPS) is 17.0. The van der Waals surface area contributed by atoms with Crippen molar-refractivity contribution < 1.29 is 24.4 Å². The number of ketones is 1. The van der Waals surface area contributed by atoms with Gasteiger partial charge in [-0.3, -0.25) is 19.7 Å². The summed E-state index contributed by atoms with van der Waals surface area (Å²) in [7, 11) is 0. The number of nitrogens with zero attached hydrogens (tertiary/aromatic N) is 3. The number of nitro groups is 1. The van der Waals surface area contributed by atoms with Crippen LogP contribution in [0.3, 0.4) is 0 Å². The topological polar surface area (TPSA) is 113 Å². The zero-order valence-corrected chi connectivity index (χ0v) is 21.9. The van der Waals surface area contributed by atoms with Crippen LogP contribution in [-0.2, 0) is 9.59 Å². The van der Waals surface area contributed by atoms with E-state index >= 15 is 0 Å². The Hall–Kier alpha value is -3.72. The number of carbonyl (C=O) groups excluding carboxylic acids is 2. The van der Waals surface area contributed by atoms with Crippen molar-refractivity contribution in [1.82, 2.24) is 9.80 Å². The van der Waals surface area contributed by atoms with Crippen LogP contribution in [0.5, 0.6) is 5.75 Å². The van der Waals surface area contributed by atoms with Crippen molar-refractivity contribution in [3.8, 4) is 5.75 Å². The molecule has 0 spiro atoms. The lowest BCUT2D eigenvalue weighted by Gasteiger charge is -2.28. The average molecular weight is 510 g/mol. The molecule has 1 fully saturated rings. The molecule has 37 heavy (non-hydrogen) atoms. The molecule has 0 radical (unpaired) electrons. The van der Waals surface area contributed by atoms with Crippen molar-refractivity contribution in [2.24, 2.45) is 0 Å². The smallest absolute Gasteiger partial charge is 0.295 e. The van der Waals surface area contributed by atoms with Crippen LogP contribution < -0.4 is 4.74 Å². The molecule has 0 bridgehead atoms. The van der Waals surface area contributed by atoms with Crippen molar-refractivity contribution in [2.75, 3.05) is 32.8 Å². The van der Waals surface area contributed by atoms with E-state index in [4.69, 9.17) is 4.74 Å². The lowest BCUT2D eigenvalue weighted by Crippen LogP contribution is -2.38. The minimum Gasteiger partial charge on any atom is -0.507 e. The number of benzene rings is 2. The number of nitro benzene ring substituents is 1. The highest BCUT2D eigenvalue weighted by Crippen LogP contribution is 2.40. The molecule has 3 rings (SSSR count). The maximum absolute atomic E-state index is 13.3. The maximum Gasteiger partial charge on any atom is 0.295 e. The van der Waals surface area contributed by atoms with E-state index in [1.807, 2.05) is 20.8 Å². The summed E-state index contributed by atoms with van der Waals surface area (Å²) < 4.78 is 5.80. The van der Waals surface area contributed by atoms with Gasteiger partial charge in [0.05, 0.1) is 23.1 Å². The van der Waals surface area contributed by atoms with Crippen molar-refractivity contribution in [1.29, 1.82) is 0 Å². The number of hydrogen-bond donors (Lipinski definition) is 1. The Kier molecular flexibility index (Phi) is 9.41. The standard InChI is InChI=1S/C28H35N3O6/c1-5-8-16-37-23-13-12-21(17-19(23)4)26(32)24-25(20-10-9-11-22(18-20)31(35)36)30(28(34)27(24)33)15-14-29(6-2)7-3/h9-13,17-18,25,32H,5-8,14-16H2,1-4H3/b26-24+/t25-/m1/s1. The van der Waals surface area contributed by atoms with Gasteiger partial charge < -0.3 is 19.6 Å². The van der Waals surface area contributed by atoms with Gasteiger partial charge in [-0.2, -0.15) is 0 Å². The Balaban J connectivity index is 2.09. The number of aliphatic hydroxyl groups is 1. The number of hydrogen-bond acceptors (Lipinski definition) is 7. The molecule has 2 aromatic rings. The monoisotopic (exact) mass is 509 g/mol. The number of carbonyl (C=O) groups is 2. The first kappa shape index (κ1) is 27.9. The molecular weight excluding hydrogens is 474 g/mol. The first-order chi connectivity index (χ1) is 17.7.